The molecular weight excluding hydrogens is 658 g/mol. The van der Waals surface area contributed by atoms with Gasteiger partial charge in [0, 0.05) is 24.5 Å². The summed E-state index contributed by atoms with van der Waals surface area (Å²) in [6, 6.07) is 6.60. The van der Waals surface area contributed by atoms with Crippen molar-refractivity contribution in [1.82, 2.24) is 4.90 Å². The number of aromatic hydroxyl groups is 3. The summed E-state index contributed by atoms with van der Waals surface area (Å²) in [6.07, 6.45) is -3.31. The fourth-order valence-corrected chi connectivity index (χ4v) is 6.57. The van der Waals surface area contributed by atoms with Crippen LogP contribution in [-0.4, -0.2) is 117 Å². The van der Waals surface area contributed by atoms with Crippen LogP contribution in [0.5, 0.6) is 23.0 Å². The van der Waals surface area contributed by atoms with Gasteiger partial charge in [-0.2, -0.15) is 0 Å². The Hall–Kier alpha value is -4.64. The maximum absolute atomic E-state index is 13.9. The summed E-state index contributed by atoms with van der Waals surface area (Å²) in [4.78, 5) is 28.5. The molecule has 1 saturated heterocycles. The van der Waals surface area contributed by atoms with Crippen molar-refractivity contribution in [3.63, 3.8) is 0 Å². The van der Waals surface area contributed by atoms with Gasteiger partial charge in [0.1, 0.15) is 24.4 Å². The van der Waals surface area contributed by atoms with Crippen LogP contribution < -0.4 is 4.74 Å². The molecule has 0 bridgehead atoms. The van der Waals surface area contributed by atoms with Crippen molar-refractivity contribution in [1.29, 1.82) is 0 Å². The molecule has 15 heteroatoms. The van der Waals surface area contributed by atoms with Gasteiger partial charge in [-0.05, 0) is 59.9 Å². The van der Waals surface area contributed by atoms with Crippen LogP contribution in [0.4, 0.5) is 0 Å². The van der Waals surface area contributed by atoms with Gasteiger partial charge in [0.15, 0.2) is 29.3 Å². The molecule has 0 radical (unpaired) electrons. The van der Waals surface area contributed by atoms with E-state index in [1.165, 1.54) is 44.6 Å². The van der Waals surface area contributed by atoms with Gasteiger partial charge in [-0.25, -0.2) is 4.79 Å². The summed E-state index contributed by atoms with van der Waals surface area (Å²) < 4.78 is 27.4. The second-order valence-electron chi connectivity index (χ2n) is 12.2. The first-order valence-corrected chi connectivity index (χ1v) is 15.8. The summed E-state index contributed by atoms with van der Waals surface area (Å²) in [5.74, 6) is -3.43. The first-order chi connectivity index (χ1) is 23.9. The monoisotopic (exact) mass is 699 g/mol. The zero-order valence-electron chi connectivity index (χ0n) is 27.4. The van der Waals surface area contributed by atoms with Crippen molar-refractivity contribution < 1.29 is 69.0 Å². The van der Waals surface area contributed by atoms with E-state index in [-0.39, 0.29) is 35.8 Å². The number of esters is 1. The summed E-state index contributed by atoms with van der Waals surface area (Å²) in [7, 11) is 2.59. The highest BCUT2D eigenvalue weighted by Crippen LogP contribution is 2.45. The molecule has 3 heterocycles. The number of ether oxygens (including phenoxy) is 5. The van der Waals surface area contributed by atoms with E-state index in [0.717, 1.165) is 6.26 Å². The number of carbonyl (C=O) groups excluding carboxylic acids is 2. The molecule has 3 aliphatic heterocycles. The van der Waals surface area contributed by atoms with Crippen LogP contribution in [0.15, 0.2) is 60.9 Å². The van der Waals surface area contributed by atoms with E-state index < -0.39 is 79.1 Å². The predicted octanol–water partition coefficient (Wildman–Crippen LogP) is 0.989. The smallest absolute Gasteiger partial charge is 0.337 e. The normalized spacial score (nSPS) is 29.4. The Balaban J connectivity index is 1.50. The number of rotatable bonds is 10. The second kappa shape index (κ2) is 15.5. The Bertz CT molecular complexity index is 1640. The van der Waals surface area contributed by atoms with E-state index in [1.54, 1.807) is 23.1 Å². The van der Waals surface area contributed by atoms with E-state index in [1.807, 2.05) is 0 Å². The zero-order valence-corrected chi connectivity index (χ0v) is 27.4. The van der Waals surface area contributed by atoms with E-state index in [9.17, 15) is 45.3 Å². The average molecular weight is 700 g/mol. The first kappa shape index (κ1) is 36.6. The molecular formula is C35H41NO14. The Morgan fingerprint density at radius 2 is 1.74 bits per heavy atom. The van der Waals surface area contributed by atoms with Crippen LogP contribution >= 0.6 is 0 Å². The number of hydrogen-bond donors (Lipinski definition) is 7. The van der Waals surface area contributed by atoms with E-state index >= 15 is 0 Å². The maximum Gasteiger partial charge on any atom is 0.337 e. The van der Waals surface area contributed by atoms with Crippen molar-refractivity contribution in [2.45, 2.75) is 55.9 Å². The van der Waals surface area contributed by atoms with Crippen LogP contribution in [0.25, 0.3) is 6.08 Å². The number of benzene rings is 2. The lowest BCUT2D eigenvalue weighted by molar-refractivity contribution is -0.339. The topological polar surface area (TPSA) is 225 Å². The highest BCUT2D eigenvalue weighted by atomic mass is 16.8. The summed E-state index contributed by atoms with van der Waals surface area (Å²) in [5, 5.41) is 71.5. The number of methoxy groups -OCH3 is 2. The zero-order chi connectivity index (χ0) is 36.3. The van der Waals surface area contributed by atoms with Gasteiger partial charge in [0.2, 0.25) is 12.2 Å². The molecule has 270 valence electrons. The lowest BCUT2D eigenvalue weighted by atomic mass is 9.76. The average Bonchev–Trinajstić information content (AvgIpc) is 3.11. The number of fused-ring (bicyclic) bond motifs is 1. The summed E-state index contributed by atoms with van der Waals surface area (Å²) in [5.41, 5.74) is 1.83. The Labute approximate surface area is 287 Å². The molecule has 1 fully saturated rings. The lowest BCUT2D eigenvalue weighted by Crippen LogP contribution is -2.60. The van der Waals surface area contributed by atoms with Gasteiger partial charge < -0.3 is 64.3 Å². The van der Waals surface area contributed by atoms with E-state index in [4.69, 9.17) is 23.7 Å². The van der Waals surface area contributed by atoms with Crippen LogP contribution in [0.1, 0.15) is 29.2 Å². The number of aliphatic hydroxyl groups is 4. The molecule has 9 atom stereocenters. The van der Waals surface area contributed by atoms with Crippen molar-refractivity contribution in [2.24, 2.45) is 11.8 Å². The maximum atomic E-state index is 13.9. The molecule has 0 spiro atoms. The molecule has 0 aliphatic carbocycles. The van der Waals surface area contributed by atoms with Gasteiger partial charge in [0.25, 0.3) is 0 Å². The number of amides is 1. The number of hydrogen-bond acceptors (Lipinski definition) is 14. The van der Waals surface area contributed by atoms with Gasteiger partial charge in [-0.1, -0.05) is 12.1 Å². The number of aliphatic hydroxyl groups excluding tert-OH is 4. The Morgan fingerprint density at radius 1 is 1.00 bits per heavy atom. The van der Waals surface area contributed by atoms with Gasteiger partial charge in [-0.3, -0.25) is 4.79 Å². The number of phenols is 3. The van der Waals surface area contributed by atoms with Gasteiger partial charge in [0.05, 0.1) is 38.7 Å². The minimum Gasteiger partial charge on any atom is -0.504 e. The van der Waals surface area contributed by atoms with Crippen molar-refractivity contribution in [3.05, 3.63) is 77.6 Å². The first-order valence-electron chi connectivity index (χ1n) is 15.8. The van der Waals surface area contributed by atoms with Gasteiger partial charge >= 0.3 is 5.97 Å². The number of nitrogens with zero attached hydrogens (tertiary/aromatic N) is 1. The Morgan fingerprint density at radius 3 is 2.42 bits per heavy atom. The minimum atomic E-state index is -1.74. The van der Waals surface area contributed by atoms with E-state index in [2.05, 4.69) is 6.58 Å². The summed E-state index contributed by atoms with van der Waals surface area (Å²) in [6.45, 7) is 3.43. The molecule has 0 saturated carbocycles. The molecule has 9 unspecified atom stereocenters. The second-order valence-corrected chi connectivity index (χ2v) is 12.2. The molecule has 2 aromatic rings. The summed E-state index contributed by atoms with van der Waals surface area (Å²) >= 11 is 0. The molecule has 1 amide bonds. The van der Waals surface area contributed by atoms with Gasteiger partial charge in [-0.15, -0.1) is 6.58 Å². The third-order valence-corrected chi connectivity index (χ3v) is 9.29. The molecule has 5 rings (SSSR count). The van der Waals surface area contributed by atoms with Crippen LogP contribution in [0.2, 0.25) is 0 Å². The molecule has 15 nitrogen and oxygen atoms in total. The van der Waals surface area contributed by atoms with Crippen LogP contribution in [-0.2, 0) is 35.0 Å². The minimum absolute atomic E-state index is 0.0271. The van der Waals surface area contributed by atoms with Crippen molar-refractivity contribution >= 4 is 18.0 Å². The van der Waals surface area contributed by atoms with E-state index in [0.29, 0.717) is 23.1 Å². The fourth-order valence-electron chi connectivity index (χ4n) is 6.57. The molecule has 0 aromatic heterocycles. The lowest BCUT2D eigenvalue weighted by Gasteiger charge is -2.44. The third-order valence-electron chi connectivity index (χ3n) is 9.29. The quantitative estimate of drug-likeness (QED) is 0.0795. The predicted molar refractivity (Wildman–Crippen MR) is 173 cm³/mol. The Kier molecular flexibility index (Phi) is 11.4. The third kappa shape index (κ3) is 7.28. The molecule has 2 aromatic carbocycles. The number of phenolic OH excluding ortho intramolecular Hbond substituents is 3. The highest BCUT2D eigenvalue weighted by Gasteiger charge is 2.48. The van der Waals surface area contributed by atoms with Crippen molar-refractivity contribution in [3.8, 4) is 23.0 Å². The highest BCUT2D eigenvalue weighted by molar-refractivity contribution is 5.92. The molecule has 3 aliphatic rings. The van der Waals surface area contributed by atoms with Crippen molar-refractivity contribution in [2.75, 3.05) is 27.4 Å². The fraction of sp³-hybridized carbons (Fsp3) is 0.429. The van der Waals surface area contributed by atoms with Crippen LogP contribution in [0.3, 0.4) is 0 Å². The SMILES string of the molecule is C=CC1C(OC2OC(CO)C(O)C(O)C2O)OC=C(C(=O)OC)C1CC1c2cc(O)c(O)cc2CCN1C(=O)C=Cc1ccc(O)c(OC)c1. The number of carbonyl (C=O) groups is 2. The standard InChI is InChI=1S/C35H41NO14/c1-4-19-21(22(33(45)47-3)16-48-34(19)50-35-32(44)31(43)30(42)28(15-37)49-35)13-23-20-14-26(40)25(39)12-18(20)9-10-36(23)29(41)8-6-17-5-7-24(38)27(11-17)46-2/h4-8,11-12,14,16,19,21,23,28,30-32,34-35,37-40,42-44H,1,9-10,13,15H2,2-3H3. The molecule has 7 N–H and O–H groups in total. The van der Waals surface area contributed by atoms with Crippen LogP contribution in [0, 0.1) is 11.8 Å². The largest absolute Gasteiger partial charge is 0.504 e. The molecule has 50 heavy (non-hydrogen) atoms.